The fraction of sp³-hybridized carbons (Fsp3) is 0.357. The van der Waals surface area contributed by atoms with Crippen LogP contribution in [0.1, 0.15) is 27.9 Å². The summed E-state index contributed by atoms with van der Waals surface area (Å²) in [5.74, 6) is -2.10. The number of nitrogens with zero attached hydrogens (tertiary/aromatic N) is 1. The van der Waals surface area contributed by atoms with Gasteiger partial charge in [0, 0.05) is 0 Å². The van der Waals surface area contributed by atoms with Gasteiger partial charge < -0.3 is 5.11 Å². The Morgan fingerprint density at radius 3 is 2.32 bits per heavy atom. The Hall–Kier alpha value is -2.17. The number of aromatic carboxylic acids is 1. The van der Waals surface area contributed by atoms with E-state index in [-0.39, 0.29) is 34.9 Å². The Morgan fingerprint density at radius 2 is 1.79 bits per heavy atom. The molecule has 5 nitrogen and oxygen atoms in total. The van der Waals surface area contributed by atoms with Crippen molar-refractivity contribution in [1.29, 1.82) is 0 Å². The quantitative estimate of drug-likeness (QED) is 0.817. The predicted octanol–water partition coefficient (Wildman–Crippen LogP) is 1.51. The molecule has 2 aliphatic rings. The standard InChI is InChI=1S/C14H13NO4/c1-6-3-7(2)11(10(4-6)14(18)19)15-12(16)8-5-9(8)13(15)17/h3-4,8-9H,5H2,1-2H3,(H,18,19). The summed E-state index contributed by atoms with van der Waals surface area (Å²) in [5, 5.41) is 9.28. The zero-order valence-corrected chi connectivity index (χ0v) is 10.6. The number of aryl methyl sites for hydroxylation is 2. The number of hydrogen-bond acceptors (Lipinski definition) is 3. The third kappa shape index (κ3) is 1.58. The highest BCUT2D eigenvalue weighted by Gasteiger charge is 2.59. The van der Waals surface area contributed by atoms with E-state index in [1.54, 1.807) is 19.9 Å². The first-order chi connectivity index (χ1) is 8.91. The van der Waals surface area contributed by atoms with Gasteiger partial charge in [-0.05, 0) is 37.5 Å². The van der Waals surface area contributed by atoms with Crippen LogP contribution >= 0.6 is 0 Å². The van der Waals surface area contributed by atoms with Gasteiger partial charge in [0.25, 0.3) is 0 Å². The van der Waals surface area contributed by atoms with Crippen molar-refractivity contribution >= 4 is 23.5 Å². The van der Waals surface area contributed by atoms with Crippen LogP contribution in [-0.2, 0) is 9.59 Å². The maximum atomic E-state index is 12.1. The average Bonchev–Trinajstić information content (AvgIpc) is 3.06. The van der Waals surface area contributed by atoms with Crippen molar-refractivity contribution < 1.29 is 19.5 Å². The van der Waals surface area contributed by atoms with Gasteiger partial charge in [-0.1, -0.05) is 6.07 Å². The molecule has 0 bridgehead atoms. The first-order valence-electron chi connectivity index (χ1n) is 6.14. The lowest BCUT2D eigenvalue weighted by Crippen LogP contribution is -2.34. The molecular weight excluding hydrogens is 246 g/mol. The van der Waals surface area contributed by atoms with E-state index in [2.05, 4.69) is 0 Å². The summed E-state index contributed by atoms with van der Waals surface area (Å²) >= 11 is 0. The number of benzene rings is 1. The number of carbonyl (C=O) groups excluding carboxylic acids is 2. The number of rotatable bonds is 2. The zero-order valence-electron chi connectivity index (χ0n) is 10.6. The lowest BCUT2D eigenvalue weighted by Gasteiger charge is -2.21. The summed E-state index contributed by atoms with van der Waals surface area (Å²) < 4.78 is 0. The predicted molar refractivity (Wildman–Crippen MR) is 67.0 cm³/mol. The lowest BCUT2D eigenvalue weighted by atomic mass is 10.0. The van der Waals surface area contributed by atoms with Crippen LogP contribution in [0.3, 0.4) is 0 Å². The van der Waals surface area contributed by atoms with Crippen LogP contribution in [0.25, 0.3) is 0 Å². The van der Waals surface area contributed by atoms with E-state index in [1.165, 1.54) is 6.07 Å². The van der Waals surface area contributed by atoms with Gasteiger partial charge in [-0.15, -0.1) is 0 Å². The molecule has 1 heterocycles. The number of anilines is 1. The van der Waals surface area contributed by atoms with Crippen LogP contribution in [0, 0.1) is 25.7 Å². The Labute approximate surface area is 109 Å². The lowest BCUT2D eigenvalue weighted by molar-refractivity contribution is -0.123. The van der Waals surface area contributed by atoms with Gasteiger partial charge in [-0.3, -0.25) is 9.59 Å². The van der Waals surface area contributed by atoms with Crippen molar-refractivity contribution in [3.8, 4) is 0 Å². The number of hydrogen-bond donors (Lipinski definition) is 1. The minimum atomic E-state index is -1.12. The molecule has 2 amide bonds. The molecule has 1 aromatic rings. The highest BCUT2D eigenvalue weighted by atomic mass is 16.4. The van der Waals surface area contributed by atoms with E-state index in [4.69, 9.17) is 0 Å². The van der Waals surface area contributed by atoms with E-state index in [0.717, 1.165) is 10.5 Å². The van der Waals surface area contributed by atoms with E-state index >= 15 is 0 Å². The summed E-state index contributed by atoms with van der Waals surface area (Å²) in [6, 6.07) is 3.28. The van der Waals surface area contributed by atoms with Crippen molar-refractivity contribution in [2.24, 2.45) is 11.8 Å². The second-order valence-corrected chi connectivity index (χ2v) is 5.24. The number of fused-ring (bicyclic) bond motifs is 1. The summed E-state index contributed by atoms with van der Waals surface area (Å²) in [7, 11) is 0. The zero-order chi connectivity index (χ0) is 13.9. The molecule has 1 aromatic carbocycles. The summed E-state index contributed by atoms with van der Waals surface area (Å²) in [6.07, 6.45) is 0.613. The van der Waals surface area contributed by atoms with Crippen molar-refractivity contribution in [3.63, 3.8) is 0 Å². The minimum absolute atomic E-state index is 0.0144. The van der Waals surface area contributed by atoms with Gasteiger partial charge in [0.05, 0.1) is 23.1 Å². The number of amides is 2. The highest BCUT2D eigenvalue weighted by molar-refractivity contribution is 6.26. The van der Waals surface area contributed by atoms with Crippen molar-refractivity contribution in [3.05, 3.63) is 28.8 Å². The second-order valence-electron chi connectivity index (χ2n) is 5.24. The number of piperidine rings is 1. The molecule has 1 aliphatic heterocycles. The van der Waals surface area contributed by atoms with Gasteiger partial charge >= 0.3 is 5.97 Å². The molecule has 2 unspecified atom stereocenters. The summed E-state index contributed by atoms with van der Waals surface area (Å²) in [4.78, 5) is 36.6. The Bertz CT molecular complexity index is 615. The van der Waals surface area contributed by atoms with Crippen molar-refractivity contribution in [1.82, 2.24) is 0 Å². The third-order valence-electron chi connectivity index (χ3n) is 3.76. The highest BCUT2D eigenvalue weighted by Crippen LogP contribution is 2.49. The fourth-order valence-electron chi connectivity index (χ4n) is 2.82. The van der Waals surface area contributed by atoms with Crippen LogP contribution in [0.5, 0.6) is 0 Å². The molecule has 19 heavy (non-hydrogen) atoms. The number of imide groups is 1. The molecule has 0 spiro atoms. The molecule has 98 valence electrons. The van der Waals surface area contributed by atoms with Crippen LogP contribution in [-0.4, -0.2) is 22.9 Å². The molecule has 2 atom stereocenters. The van der Waals surface area contributed by atoms with Gasteiger partial charge in [-0.25, -0.2) is 9.69 Å². The largest absolute Gasteiger partial charge is 0.478 e. The Morgan fingerprint density at radius 1 is 1.21 bits per heavy atom. The topological polar surface area (TPSA) is 74.7 Å². The van der Waals surface area contributed by atoms with Crippen LogP contribution in [0.2, 0.25) is 0 Å². The first-order valence-corrected chi connectivity index (χ1v) is 6.14. The van der Waals surface area contributed by atoms with E-state index in [1.807, 2.05) is 0 Å². The molecule has 1 N–H and O–H groups in total. The molecule has 1 aliphatic carbocycles. The average molecular weight is 259 g/mol. The number of carbonyl (C=O) groups is 3. The molecule has 2 fully saturated rings. The number of carboxylic acid groups (broad SMARTS) is 1. The maximum Gasteiger partial charge on any atom is 0.337 e. The fourth-order valence-corrected chi connectivity index (χ4v) is 2.82. The monoisotopic (exact) mass is 259 g/mol. The minimum Gasteiger partial charge on any atom is -0.478 e. The molecule has 1 saturated carbocycles. The molecule has 3 rings (SSSR count). The smallest absolute Gasteiger partial charge is 0.337 e. The van der Waals surface area contributed by atoms with Gasteiger partial charge in [-0.2, -0.15) is 0 Å². The first kappa shape index (κ1) is 11.9. The van der Waals surface area contributed by atoms with Crippen LogP contribution in [0.4, 0.5) is 5.69 Å². The van der Waals surface area contributed by atoms with E-state index in [0.29, 0.717) is 12.0 Å². The molecule has 1 saturated heterocycles. The van der Waals surface area contributed by atoms with Gasteiger partial charge in [0.15, 0.2) is 0 Å². The summed E-state index contributed by atoms with van der Waals surface area (Å²) in [5.41, 5.74) is 1.68. The van der Waals surface area contributed by atoms with Crippen LogP contribution in [0.15, 0.2) is 12.1 Å². The molecular formula is C14H13NO4. The van der Waals surface area contributed by atoms with Gasteiger partial charge in [0.1, 0.15) is 0 Å². The Balaban J connectivity index is 2.17. The molecule has 5 heteroatoms. The van der Waals surface area contributed by atoms with Gasteiger partial charge in [0.2, 0.25) is 11.8 Å². The molecule has 0 aromatic heterocycles. The van der Waals surface area contributed by atoms with E-state index < -0.39 is 5.97 Å². The maximum absolute atomic E-state index is 12.1. The van der Waals surface area contributed by atoms with E-state index in [9.17, 15) is 19.5 Å². The summed E-state index contributed by atoms with van der Waals surface area (Å²) in [6.45, 7) is 3.51. The number of carboxylic acids is 1. The second kappa shape index (κ2) is 3.66. The normalized spacial score (nSPS) is 24.6. The SMILES string of the molecule is Cc1cc(C)c(N2C(=O)C3CC3C2=O)c(C(=O)O)c1. The van der Waals surface area contributed by atoms with Crippen molar-refractivity contribution in [2.75, 3.05) is 4.90 Å². The van der Waals surface area contributed by atoms with Crippen LogP contribution < -0.4 is 4.90 Å². The molecule has 0 radical (unpaired) electrons. The van der Waals surface area contributed by atoms with Crippen molar-refractivity contribution in [2.45, 2.75) is 20.3 Å². The Kier molecular flexibility index (Phi) is 2.29. The third-order valence-corrected chi connectivity index (χ3v) is 3.76.